The number of ether oxygens (including phenoxy) is 3. The van der Waals surface area contributed by atoms with Crippen LogP contribution >= 0.6 is 0 Å². The van der Waals surface area contributed by atoms with E-state index in [4.69, 9.17) is 19.9 Å². The van der Waals surface area contributed by atoms with Crippen LogP contribution in [-0.2, 0) is 22.4 Å². The number of primary amides is 1. The first-order valence-corrected chi connectivity index (χ1v) is 11.4. The number of rotatable bonds is 11. The van der Waals surface area contributed by atoms with Gasteiger partial charge in [-0.1, -0.05) is 25.5 Å². The fourth-order valence-electron chi connectivity index (χ4n) is 3.83. The lowest BCUT2D eigenvalue weighted by molar-refractivity contribution is -0.122. The first-order valence-electron chi connectivity index (χ1n) is 11.4. The average Bonchev–Trinajstić information content (AvgIpc) is 2.84. The van der Waals surface area contributed by atoms with Crippen molar-refractivity contribution in [2.75, 3.05) is 7.11 Å². The molecule has 1 amide bonds. The molecule has 1 atom stereocenters. The smallest absolute Gasteiger partial charge is 0.405 e. The van der Waals surface area contributed by atoms with Crippen LogP contribution in [0.4, 0.5) is 9.18 Å². The van der Waals surface area contributed by atoms with Crippen molar-refractivity contribution in [3.05, 3.63) is 88.7 Å². The van der Waals surface area contributed by atoms with E-state index in [1.807, 2.05) is 6.92 Å². The van der Waals surface area contributed by atoms with Gasteiger partial charge in [0.2, 0.25) is 0 Å². The van der Waals surface area contributed by atoms with Crippen molar-refractivity contribution < 1.29 is 33.0 Å². The number of nitrogens with two attached hydrogens (primary N) is 1. The number of amides is 1. The first kappa shape index (κ1) is 26.4. The molecule has 188 valence electrons. The van der Waals surface area contributed by atoms with Crippen LogP contribution in [0.15, 0.2) is 60.7 Å². The third kappa shape index (κ3) is 6.47. The maximum atomic E-state index is 14.5. The Morgan fingerprint density at radius 1 is 1.06 bits per heavy atom. The third-order valence-electron chi connectivity index (χ3n) is 5.53. The topological polar surface area (TPSA) is 105 Å². The van der Waals surface area contributed by atoms with Gasteiger partial charge in [0, 0.05) is 18.1 Å². The van der Waals surface area contributed by atoms with Gasteiger partial charge in [0.1, 0.15) is 23.1 Å². The second-order valence-electron chi connectivity index (χ2n) is 8.53. The maximum absolute atomic E-state index is 14.5. The minimum atomic E-state index is -1.41. The van der Waals surface area contributed by atoms with E-state index < -0.39 is 23.3 Å². The largest absolute Gasteiger partial charge is 0.497 e. The van der Waals surface area contributed by atoms with Gasteiger partial charge in [-0.3, -0.25) is 9.59 Å². The highest BCUT2D eigenvalue weighted by molar-refractivity contribution is 6.09. The Labute approximate surface area is 209 Å². The zero-order valence-electron chi connectivity index (χ0n) is 20.4. The molecule has 3 rings (SSSR count). The summed E-state index contributed by atoms with van der Waals surface area (Å²) in [6.07, 6.45) is 1.04. The predicted octanol–water partition coefficient (Wildman–Crippen LogP) is 5.41. The van der Waals surface area contributed by atoms with Crippen LogP contribution in [0.2, 0.25) is 0 Å². The Bertz CT molecular complexity index is 1270. The molecular formula is C28H28FNO6. The highest BCUT2D eigenvalue weighted by Crippen LogP contribution is 2.30. The molecule has 0 unspecified atom stereocenters. The Balaban J connectivity index is 1.86. The number of hydrogen-bond acceptors (Lipinski definition) is 6. The fraction of sp³-hybridized carbons (Fsp3) is 0.250. The van der Waals surface area contributed by atoms with E-state index in [0.29, 0.717) is 41.1 Å². The molecule has 8 heteroatoms. The molecule has 0 aliphatic rings. The van der Waals surface area contributed by atoms with Crippen LogP contribution in [0, 0.1) is 5.82 Å². The SMILES string of the molecule is CCCc1cc(C(=O)c2ccc(OC)cc2F)ccc1Oc1cccc(C[C@](C)(C=O)OC(N)=O)c1. The van der Waals surface area contributed by atoms with E-state index in [1.165, 1.54) is 32.2 Å². The Kier molecular flexibility index (Phi) is 8.42. The number of carbonyl (C=O) groups excluding carboxylic acids is 3. The summed E-state index contributed by atoms with van der Waals surface area (Å²) in [7, 11) is 1.43. The number of halogens is 1. The van der Waals surface area contributed by atoms with E-state index in [-0.39, 0.29) is 12.0 Å². The summed E-state index contributed by atoms with van der Waals surface area (Å²) < 4.78 is 30.5. The molecule has 0 bridgehead atoms. The Hall–Kier alpha value is -4.20. The average molecular weight is 494 g/mol. The summed E-state index contributed by atoms with van der Waals surface area (Å²) in [4.78, 5) is 35.6. The quantitative estimate of drug-likeness (QED) is 0.283. The van der Waals surface area contributed by atoms with E-state index in [9.17, 15) is 18.8 Å². The molecule has 2 N–H and O–H groups in total. The van der Waals surface area contributed by atoms with Crippen molar-refractivity contribution in [2.45, 2.75) is 38.7 Å². The maximum Gasteiger partial charge on any atom is 0.405 e. The molecule has 0 radical (unpaired) electrons. The van der Waals surface area contributed by atoms with Gasteiger partial charge < -0.3 is 19.9 Å². The van der Waals surface area contributed by atoms with Gasteiger partial charge >= 0.3 is 6.09 Å². The molecule has 0 spiro atoms. The van der Waals surface area contributed by atoms with Crippen molar-refractivity contribution in [1.29, 1.82) is 0 Å². The Morgan fingerprint density at radius 3 is 2.47 bits per heavy atom. The van der Waals surface area contributed by atoms with E-state index in [1.54, 1.807) is 42.5 Å². The van der Waals surface area contributed by atoms with Gasteiger partial charge in [0.25, 0.3) is 0 Å². The fourth-order valence-corrected chi connectivity index (χ4v) is 3.83. The minimum absolute atomic E-state index is 0.0453. The van der Waals surface area contributed by atoms with Crippen LogP contribution < -0.4 is 15.2 Å². The van der Waals surface area contributed by atoms with E-state index in [0.717, 1.165) is 12.0 Å². The lowest BCUT2D eigenvalue weighted by Gasteiger charge is -2.22. The molecule has 0 aliphatic carbocycles. The first-order chi connectivity index (χ1) is 17.2. The van der Waals surface area contributed by atoms with E-state index >= 15 is 0 Å². The van der Waals surface area contributed by atoms with Crippen molar-refractivity contribution >= 4 is 18.2 Å². The van der Waals surface area contributed by atoms with Crippen molar-refractivity contribution in [3.63, 3.8) is 0 Å². The normalized spacial score (nSPS) is 12.3. The molecule has 3 aromatic rings. The highest BCUT2D eigenvalue weighted by atomic mass is 19.1. The number of benzene rings is 3. The van der Waals surface area contributed by atoms with Gasteiger partial charge in [0.05, 0.1) is 12.7 Å². The third-order valence-corrected chi connectivity index (χ3v) is 5.53. The molecule has 36 heavy (non-hydrogen) atoms. The molecular weight excluding hydrogens is 465 g/mol. The zero-order chi connectivity index (χ0) is 26.3. The van der Waals surface area contributed by atoms with Crippen molar-refractivity contribution in [2.24, 2.45) is 5.73 Å². The van der Waals surface area contributed by atoms with Gasteiger partial charge in [-0.2, -0.15) is 0 Å². The molecule has 7 nitrogen and oxygen atoms in total. The number of ketones is 1. The van der Waals surface area contributed by atoms with Crippen molar-refractivity contribution in [1.82, 2.24) is 0 Å². The second kappa shape index (κ2) is 11.5. The molecule has 0 aromatic heterocycles. The number of methoxy groups -OCH3 is 1. The van der Waals surface area contributed by atoms with Crippen LogP contribution in [0.25, 0.3) is 0 Å². The van der Waals surface area contributed by atoms with Gasteiger partial charge in [-0.25, -0.2) is 9.18 Å². The Morgan fingerprint density at radius 2 is 1.83 bits per heavy atom. The lowest BCUT2D eigenvalue weighted by atomic mass is 9.97. The molecule has 0 heterocycles. The monoisotopic (exact) mass is 493 g/mol. The van der Waals surface area contributed by atoms with Crippen molar-refractivity contribution in [3.8, 4) is 17.2 Å². The van der Waals surface area contributed by atoms with Gasteiger partial charge in [-0.05, 0) is 66.9 Å². The molecule has 0 saturated carbocycles. The van der Waals surface area contributed by atoms with Gasteiger partial charge in [-0.15, -0.1) is 0 Å². The summed E-state index contributed by atoms with van der Waals surface area (Å²) in [5.74, 6) is 0.279. The second-order valence-corrected chi connectivity index (χ2v) is 8.53. The van der Waals surface area contributed by atoms with E-state index in [2.05, 4.69) is 0 Å². The summed E-state index contributed by atoms with van der Waals surface area (Å²) in [5, 5.41) is 0. The standard InChI is InChI=1S/C28H28FNO6/c1-4-6-19-14-20(26(32)23-11-10-21(34-3)15-24(23)29)9-12-25(19)35-22-8-5-7-18(13-22)16-28(2,17-31)36-27(30)33/h5,7-15,17H,4,6,16H2,1-3H3,(H2,30,33)/t28-/m1/s1. The number of hydrogen-bond donors (Lipinski definition) is 1. The highest BCUT2D eigenvalue weighted by Gasteiger charge is 2.28. The van der Waals surface area contributed by atoms with Crippen LogP contribution in [0.5, 0.6) is 17.2 Å². The number of aryl methyl sites for hydroxylation is 1. The number of carbonyl (C=O) groups is 3. The summed E-state index contributed by atoms with van der Waals surface area (Å²) >= 11 is 0. The summed E-state index contributed by atoms with van der Waals surface area (Å²) in [6, 6.07) is 16.1. The van der Waals surface area contributed by atoms with Crippen LogP contribution in [-0.4, -0.2) is 30.9 Å². The predicted molar refractivity (Wildman–Crippen MR) is 132 cm³/mol. The zero-order valence-corrected chi connectivity index (χ0v) is 20.4. The van der Waals surface area contributed by atoms with Crippen LogP contribution in [0.1, 0.15) is 47.3 Å². The molecule has 3 aromatic carbocycles. The minimum Gasteiger partial charge on any atom is -0.497 e. The van der Waals surface area contributed by atoms with Crippen LogP contribution in [0.3, 0.4) is 0 Å². The molecule has 0 fully saturated rings. The summed E-state index contributed by atoms with van der Waals surface area (Å²) in [5.41, 5.74) is 5.46. The lowest BCUT2D eigenvalue weighted by Crippen LogP contribution is -2.37. The number of aldehydes is 1. The molecule has 0 aliphatic heterocycles. The molecule has 0 saturated heterocycles. The van der Waals surface area contributed by atoms with Gasteiger partial charge in [0.15, 0.2) is 17.7 Å². The summed E-state index contributed by atoms with van der Waals surface area (Å²) in [6.45, 7) is 3.47.